The lowest BCUT2D eigenvalue weighted by Gasteiger charge is -2.19. The fourth-order valence-corrected chi connectivity index (χ4v) is 0.393. The van der Waals surface area contributed by atoms with Gasteiger partial charge >= 0.3 is 12.1 Å². The van der Waals surface area contributed by atoms with E-state index < -0.39 is 17.6 Å². The third kappa shape index (κ3) is 3.36. The van der Waals surface area contributed by atoms with E-state index in [1.165, 1.54) is 19.2 Å². The lowest BCUT2D eigenvalue weighted by Crippen LogP contribution is -2.50. The first-order chi connectivity index (χ1) is 5.19. The lowest BCUT2D eigenvalue weighted by atomic mass is 10.1. The van der Waals surface area contributed by atoms with Crippen molar-refractivity contribution in [1.82, 2.24) is 5.32 Å². The zero-order chi connectivity index (χ0) is 9.99. The molecule has 0 spiro atoms. The Morgan fingerprint density at radius 2 is 1.75 bits per heavy atom. The van der Waals surface area contributed by atoms with E-state index in [0.717, 1.165) is 0 Å². The Morgan fingerprint density at radius 3 is 2.00 bits per heavy atom. The van der Waals surface area contributed by atoms with E-state index in [4.69, 9.17) is 0 Å². The van der Waals surface area contributed by atoms with Gasteiger partial charge in [0.15, 0.2) is 0 Å². The van der Waals surface area contributed by atoms with Crippen LogP contribution in [0.4, 0.5) is 13.2 Å². The maximum atomic E-state index is 11.6. The summed E-state index contributed by atoms with van der Waals surface area (Å²) in [7, 11) is 0. The summed E-state index contributed by atoms with van der Waals surface area (Å²) >= 11 is 0. The Hall–Kier alpha value is -1.07. The van der Waals surface area contributed by atoms with Gasteiger partial charge in [-0.15, -0.1) is 0 Å². The van der Waals surface area contributed by atoms with Crippen molar-refractivity contribution in [2.24, 2.45) is 0 Å². The minimum atomic E-state index is -4.94. The molecule has 1 amide bonds. The number of halogens is 3. The monoisotopic (exact) mass is 183 g/mol. The van der Waals surface area contributed by atoms with Gasteiger partial charge in [-0.1, -0.05) is 0 Å². The quantitative estimate of drug-likeness (QED) is 0.638. The average molecular weight is 183 g/mol. The lowest BCUT2D eigenvalue weighted by molar-refractivity contribution is -0.175. The molecule has 0 aliphatic heterocycles. The van der Waals surface area contributed by atoms with Crippen LogP contribution in [-0.2, 0) is 9.59 Å². The van der Waals surface area contributed by atoms with Crippen molar-refractivity contribution in [3.8, 4) is 0 Å². The van der Waals surface area contributed by atoms with Crippen LogP contribution in [0.3, 0.4) is 0 Å². The van der Waals surface area contributed by atoms with Gasteiger partial charge < -0.3 is 10.1 Å². The highest BCUT2D eigenvalue weighted by Gasteiger charge is 2.41. The Kier molecular flexibility index (Phi) is 2.84. The third-order valence-corrected chi connectivity index (χ3v) is 0.988. The van der Waals surface area contributed by atoms with Gasteiger partial charge in [0.05, 0.1) is 5.54 Å². The highest BCUT2D eigenvalue weighted by molar-refractivity contribution is 5.85. The van der Waals surface area contributed by atoms with E-state index in [2.05, 4.69) is 0 Å². The molecule has 0 aromatic rings. The standard InChI is InChI=1S/C6H8F3NO2/c1-5(2,3-11)10-4(12)6(7,8)9/h3H,1-2H3,(H,10,12). The van der Waals surface area contributed by atoms with Gasteiger partial charge in [0.2, 0.25) is 0 Å². The molecule has 0 atom stereocenters. The molecule has 0 radical (unpaired) electrons. The zero-order valence-corrected chi connectivity index (χ0v) is 6.53. The minimum absolute atomic E-state index is 0.233. The van der Waals surface area contributed by atoms with Crippen LogP contribution in [-0.4, -0.2) is 23.9 Å². The summed E-state index contributed by atoms with van der Waals surface area (Å²) in [4.78, 5) is 20.4. The van der Waals surface area contributed by atoms with Gasteiger partial charge in [0.25, 0.3) is 0 Å². The summed E-state index contributed by atoms with van der Waals surface area (Å²) < 4.78 is 34.8. The summed E-state index contributed by atoms with van der Waals surface area (Å²) in [6.45, 7) is 2.34. The average Bonchev–Trinajstić information content (AvgIpc) is 1.85. The molecule has 12 heavy (non-hydrogen) atoms. The fourth-order valence-electron chi connectivity index (χ4n) is 0.393. The van der Waals surface area contributed by atoms with Gasteiger partial charge in [0, 0.05) is 0 Å². The summed E-state index contributed by atoms with van der Waals surface area (Å²) in [5.74, 6) is -2.11. The first-order valence-corrected chi connectivity index (χ1v) is 3.05. The van der Waals surface area contributed by atoms with Crippen LogP contribution in [0.1, 0.15) is 13.8 Å². The summed E-state index contributed by atoms with van der Waals surface area (Å²) in [6.07, 6.45) is -4.71. The number of alkyl halides is 3. The minimum Gasteiger partial charge on any atom is -0.337 e. The number of rotatable bonds is 2. The molecule has 1 N–H and O–H groups in total. The predicted octanol–water partition coefficient (Wildman–Crippen LogP) is 0.642. The topological polar surface area (TPSA) is 46.2 Å². The van der Waals surface area contributed by atoms with Crippen LogP contribution < -0.4 is 5.32 Å². The van der Waals surface area contributed by atoms with Crippen LogP contribution in [0.2, 0.25) is 0 Å². The van der Waals surface area contributed by atoms with E-state index >= 15 is 0 Å². The Balaban J connectivity index is 4.29. The molecule has 6 heteroatoms. The molecular formula is C6H8F3NO2. The number of hydrogen-bond acceptors (Lipinski definition) is 2. The Bertz CT molecular complexity index is 197. The molecule has 0 saturated carbocycles. The van der Waals surface area contributed by atoms with Crippen LogP contribution in [0.5, 0.6) is 0 Å². The fraction of sp³-hybridized carbons (Fsp3) is 0.667. The Morgan fingerprint density at radius 1 is 1.33 bits per heavy atom. The number of aldehydes is 1. The van der Waals surface area contributed by atoms with Gasteiger partial charge in [-0.25, -0.2) is 0 Å². The molecule has 0 heterocycles. The molecule has 0 aliphatic carbocycles. The van der Waals surface area contributed by atoms with Crippen molar-refractivity contribution in [2.45, 2.75) is 25.6 Å². The number of carbonyl (C=O) groups excluding carboxylic acids is 2. The molecule has 0 bridgehead atoms. The first kappa shape index (κ1) is 10.9. The second-order valence-electron chi connectivity index (χ2n) is 2.79. The highest BCUT2D eigenvalue weighted by atomic mass is 19.4. The molecule has 0 aromatic heterocycles. The Labute approximate surface area is 66.9 Å². The van der Waals surface area contributed by atoms with Crippen LogP contribution in [0, 0.1) is 0 Å². The van der Waals surface area contributed by atoms with Gasteiger partial charge in [0.1, 0.15) is 6.29 Å². The zero-order valence-electron chi connectivity index (χ0n) is 6.53. The van der Waals surface area contributed by atoms with Crippen molar-refractivity contribution in [3.05, 3.63) is 0 Å². The van der Waals surface area contributed by atoms with Crippen LogP contribution in [0.15, 0.2) is 0 Å². The van der Waals surface area contributed by atoms with Crippen LogP contribution in [0.25, 0.3) is 0 Å². The van der Waals surface area contributed by atoms with Crippen molar-refractivity contribution in [2.75, 3.05) is 0 Å². The van der Waals surface area contributed by atoms with Crippen LogP contribution >= 0.6 is 0 Å². The maximum Gasteiger partial charge on any atom is 0.471 e. The second kappa shape index (κ2) is 3.12. The van der Waals surface area contributed by atoms with Gasteiger partial charge in [-0.05, 0) is 13.8 Å². The molecule has 3 nitrogen and oxygen atoms in total. The summed E-state index contributed by atoms with van der Waals surface area (Å²) in [5, 5.41) is 1.51. The number of amides is 1. The van der Waals surface area contributed by atoms with Crippen molar-refractivity contribution in [3.63, 3.8) is 0 Å². The van der Waals surface area contributed by atoms with E-state index in [9.17, 15) is 22.8 Å². The molecule has 0 saturated heterocycles. The SMILES string of the molecule is CC(C)(C=O)NC(=O)C(F)(F)F. The summed E-state index contributed by atoms with van der Waals surface area (Å²) in [6, 6.07) is 0. The predicted molar refractivity (Wildman–Crippen MR) is 34.3 cm³/mol. The van der Waals surface area contributed by atoms with Gasteiger partial charge in [-0.3, -0.25) is 4.79 Å². The first-order valence-electron chi connectivity index (χ1n) is 3.05. The molecule has 0 aliphatic rings. The smallest absolute Gasteiger partial charge is 0.337 e. The molecule has 0 aromatic carbocycles. The van der Waals surface area contributed by atoms with E-state index in [0.29, 0.717) is 0 Å². The van der Waals surface area contributed by atoms with E-state index in [1.807, 2.05) is 0 Å². The number of carbonyl (C=O) groups is 2. The normalized spacial score (nSPS) is 12.4. The van der Waals surface area contributed by atoms with E-state index in [-0.39, 0.29) is 6.29 Å². The molecule has 70 valence electrons. The molecule has 0 fully saturated rings. The van der Waals surface area contributed by atoms with E-state index in [1.54, 1.807) is 0 Å². The summed E-state index contributed by atoms with van der Waals surface area (Å²) in [5.41, 5.74) is -1.48. The maximum absolute atomic E-state index is 11.6. The van der Waals surface area contributed by atoms with Gasteiger partial charge in [-0.2, -0.15) is 13.2 Å². The number of nitrogens with one attached hydrogen (secondary N) is 1. The highest BCUT2D eigenvalue weighted by Crippen LogP contribution is 2.15. The molecule has 0 rings (SSSR count). The largest absolute Gasteiger partial charge is 0.471 e. The second-order valence-corrected chi connectivity index (χ2v) is 2.79. The molecular weight excluding hydrogens is 175 g/mol. The number of hydrogen-bond donors (Lipinski definition) is 1. The molecule has 0 unspecified atom stereocenters. The van der Waals surface area contributed by atoms with Crippen molar-refractivity contribution >= 4 is 12.2 Å². The third-order valence-electron chi connectivity index (χ3n) is 0.988. The van der Waals surface area contributed by atoms with Crippen molar-refractivity contribution in [1.29, 1.82) is 0 Å². The van der Waals surface area contributed by atoms with Crippen molar-refractivity contribution < 1.29 is 22.8 Å².